The van der Waals surface area contributed by atoms with Crippen LogP contribution in [-0.4, -0.2) is 34.7 Å². The predicted octanol–water partition coefficient (Wildman–Crippen LogP) is 4.97. The second kappa shape index (κ2) is 8.23. The summed E-state index contributed by atoms with van der Waals surface area (Å²) in [5.74, 6) is 0.405. The van der Waals surface area contributed by atoms with E-state index < -0.39 is 0 Å². The van der Waals surface area contributed by atoms with Gasteiger partial charge in [-0.2, -0.15) is 0 Å². The Morgan fingerprint density at radius 3 is 2.68 bits per heavy atom. The lowest BCUT2D eigenvalue weighted by atomic mass is 9.98. The number of benzene rings is 2. The molecular weight excluding hydrogens is 368 g/mol. The van der Waals surface area contributed by atoms with E-state index in [0.29, 0.717) is 18.0 Å². The fourth-order valence-corrected chi connectivity index (χ4v) is 4.83. The quantitative estimate of drug-likeness (QED) is 0.576. The first-order valence-corrected chi connectivity index (χ1v) is 10.6. The molecule has 144 valence electrons. The standard InChI is InChI=1S/C23H24N2O2S/c1-16-8-10-17(11-9-16)20(26)12-13-22(27)25-14-4-5-18(15-25)23-24-19-6-2-3-7-21(19)28-23/h2-3,6-11,18H,4-5,12-15H2,1H3/t18-/m0/s1. The summed E-state index contributed by atoms with van der Waals surface area (Å²) < 4.78 is 1.20. The third kappa shape index (κ3) is 4.14. The zero-order valence-electron chi connectivity index (χ0n) is 16.1. The van der Waals surface area contributed by atoms with Crippen molar-refractivity contribution in [2.24, 2.45) is 0 Å². The molecule has 4 rings (SSSR count). The Morgan fingerprint density at radius 1 is 1.11 bits per heavy atom. The molecule has 0 aliphatic carbocycles. The SMILES string of the molecule is Cc1ccc(C(=O)CCC(=O)N2CCC[C@H](c3nc4ccccc4s3)C2)cc1. The summed E-state index contributed by atoms with van der Waals surface area (Å²) in [7, 11) is 0. The molecule has 3 aromatic rings. The van der Waals surface area contributed by atoms with E-state index in [4.69, 9.17) is 4.98 Å². The Balaban J connectivity index is 1.36. The van der Waals surface area contributed by atoms with Crippen LogP contribution in [0.1, 0.15) is 52.5 Å². The van der Waals surface area contributed by atoms with Crippen LogP contribution in [-0.2, 0) is 4.79 Å². The molecule has 2 heterocycles. The summed E-state index contributed by atoms with van der Waals surface area (Å²) >= 11 is 1.73. The van der Waals surface area contributed by atoms with E-state index >= 15 is 0 Å². The molecule has 0 radical (unpaired) electrons. The summed E-state index contributed by atoms with van der Waals surface area (Å²) in [6, 6.07) is 15.7. The number of hydrogen-bond donors (Lipinski definition) is 0. The molecule has 5 heteroatoms. The molecule has 1 saturated heterocycles. The molecule has 1 atom stereocenters. The average Bonchev–Trinajstić information content (AvgIpc) is 3.17. The van der Waals surface area contributed by atoms with Crippen LogP contribution in [0.15, 0.2) is 48.5 Å². The van der Waals surface area contributed by atoms with Crippen LogP contribution in [0.4, 0.5) is 0 Å². The van der Waals surface area contributed by atoms with Crippen molar-refractivity contribution < 1.29 is 9.59 Å². The van der Waals surface area contributed by atoms with Crippen molar-refractivity contribution in [1.29, 1.82) is 0 Å². The number of thiazole rings is 1. The minimum absolute atomic E-state index is 0.0353. The highest BCUT2D eigenvalue weighted by Gasteiger charge is 2.27. The van der Waals surface area contributed by atoms with Crippen molar-refractivity contribution in [3.63, 3.8) is 0 Å². The van der Waals surface area contributed by atoms with Gasteiger partial charge >= 0.3 is 0 Å². The van der Waals surface area contributed by atoms with E-state index in [-0.39, 0.29) is 24.5 Å². The average molecular weight is 393 g/mol. The first-order valence-electron chi connectivity index (χ1n) is 9.83. The van der Waals surface area contributed by atoms with Gasteiger partial charge in [-0.05, 0) is 31.9 Å². The van der Waals surface area contributed by atoms with Crippen LogP contribution in [0, 0.1) is 6.92 Å². The van der Waals surface area contributed by atoms with E-state index in [0.717, 1.165) is 35.5 Å². The minimum Gasteiger partial charge on any atom is -0.342 e. The Kier molecular flexibility index (Phi) is 5.53. The molecule has 4 nitrogen and oxygen atoms in total. The normalized spacial score (nSPS) is 17.0. The molecule has 1 aliphatic rings. The minimum atomic E-state index is 0.0353. The Morgan fingerprint density at radius 2 is 1.89 bits per heavy atom. The molecule has 1 fully saturated rings. The Labute approximate surface area is 169 Å². The number of nitrogens with zero attached hydrogens (tertiary/aromatic N) is 2. The molecule has 28 heavy (non-hydrogen) atoms. The molecule has 1 amide bonds. The van der Waals surface area contributed by atoms with Gasteiger partial charge in [0.05, 0.1) is 15.2 Å². The van der Waals surface area contributed by atoms with Crippen LogP contribution in [0.25, 0.3) is 10.2 Å². The van der Waals surface area contributed by atoms with Crippen molar-refractivity contribution in [2.45, 2.75) is 38.5 Å². The van der Waals surface area contributed by atoms with E-state index in [1.807, 2.05) is 54.3 Å². The van der Waals surface area contributed by atoms with Gasteiger partial charge in [0.25, 0.3) is 0 Å². The van der Waals surface area contributed by atoms with Gasteiger partial charge in [0.1, 0.15) is 0 Å². The van der Waals surface area contributed by atoms with Gasteiger partial charge in [-0.25, -0.2) is 4.98 Å². The number of carbonyl (C=O) groups is 2. The summed E-state index contributed by atoms with van der Waals surface area (Å²) in [5.41, 5.74) is 2.85. The van der Waals surface area contributed by atoms with Gasteiger partial charge in [0.15, 0.2) is 5.78 Å². The zero-order chi connectivity index (χ0) is 19.5. The number of carbonyl (C=O) groups excluding carboxylic acids is 2. The lowest BCUT2D eigenvalue weighted by molar-refractivity contribution is -0.132. The number of aryl methyl sites for hydroxylation is 1. The molecule has 0 unspecified atom stereocenters. The maximum absolute atomic E-state index is 12.7. The number of ketones is 1. The number of hydrogen-bond acceptors (Lipinski definition) is 4. The Hall–Kier alpha value is -2.53. The smallest absolute Gasteiger partial charge is 0.223 e. The molecular formula is C23H24N2O2S. The first kappa shape index (κ1) is 18.8. The highest BCUT2D eigenvalue weighted by Crippen LogP contribution is 2.33. The van der Waals surface area contributed by atoms with E-state index in [1.54, 1.807) is 11.3 Å². The lowest BCUT2D eigenvalue weighted by Gasteiger charge is -2.31. The summed E-state index contributed by atoms with van der Waals surface area (Å²) in [5, 5.41) is 1.12. The summed E-state index contributed by atoms with van der Waals surface area (Å²) in [6.07, 6.45) is 2.59. The molecule has 0 bridgehead atoms. The van der Waals surface area contributed by atoms with Gasteiger partial charge in [0, 0.05) is 37.4 Å². The highest BCUT2D eigenvalue weighted by atomic mass is 32.1. The van der Waals surface area contributed by atoms with E-state index in [2.05, 4.69) is 6.07 Å². The van der Waals surface area contributed by atoms with Crippen LogP contribution in [0.2, 0.25) is 0 Å². The molecule has 0 N–H and O–H groups in total. The van der Waals surface area contributed by atoms with Gasteiger partial charge in [-0.1, -0.05) is 42.0 Å². The number of fused-ring (bicyclic) bond motifs is 1. The number of piperidine rings is 1. The number of aromatic nitrogens is 1. The molecule has 2 aromatic carbocycles. The third-order valence-electron chi connectivity index (χ3n) is 5.37. The topological polar surface area (TPSA) is 50.3 Å². The van der Waals surface area contributed by atoms with Crippen LogP contribution in [0.3, 0.4) is 0 Å². The van der Waals surface area contributed by atoms with Gasteiger partial charge in [-0.15, -0.1) is 11.3 Å². The number of rotatable bonds is 5. The van der Waals surface area contributed by atoms with Crippen LogP contribution < -0.4 is 0 Å². The highest BCUT2D eigenvalue weighted by molar-refractivity contribution is 7.18. The van der Waals surface area contributed by atoms with Crippen LogP contribution in [0.5, 0.6) is 0 Å². The van der Waals surface area contributed by atoms with Gasteiger partial charge in [0.2, 0.25) is 5.91 Å². The van der Waals surface area contributed by atoms with Crippen molar-refractivity contribution in [1.82, 2.24) is 9.88 Å². The Bertz CT molecular complexity index is 960. The maximum atomic E-state index is 12.7. The van der Waals surface area contributed by atoms with Crippen molar-refractivity contribution >= 4 is 33.2 Å². The third-order valence-corrected chi connectivity index (χ3v) is 6.57. The van der Waals surface area contributed by atoms with Crippen molar-refractivity contribution in [3.8, 4) is 0 Å². The fraction of sp³-hybridized carbons (Fsp3) is 0.348. The molecule has 0 spiro atoms. The predicted molar refractivity (Wildman–Crippen MR) is 113 cm³/mol. The number of Topliss-reactive ketones (excluding diaryl/α,β-unsaturated/α-hetero) is 1. The van der Waals surface area contributed by atoms with Crippen molar-refractivity contribution in [2.75, 3.05) is 13.1 Å². The van der Waals surface area contributed by atoms with E-state index in [1.165, 1.54) is 4.70 Å². The number of amides is 1. The van der Waals surface area contributed by atoms with Crippen LogP contribution >= 0.6 is 11.3 Å². The molecule has 1 aromatic heterocycles. The van der Waals surface area contributed by atoms with Gasteiger partial charge in [-0.3, -0.25) is 9.59 Å². The summed E-state index contributed by atoms with van der Waals surface area (Å²) in [4.78, 5) is 31.7. The second-order valence-corrected chi connectivity index (χ2v) is 8.55. The zero-order valence-corrected chi connectivity index (χ0v) is 16.9. The maximum Gasteiger partial charge on any atom is 0.223 e. The molecule has 1 aliphatic heterocycles. The number of likely N-dealkylation sites (tertiary alicyclic amines) is 1. The monoisotopic (exact) mass is 392 g/mol. The van der Waals surface area contributed by atoms with E-state index in [9.17, 15) is 9.59 Å². The fourth-order valence-electron chi connectivity index (χ4n) is 3.73. The first-order chi connectivity index (χ1) is 13.6. The number of para-hydroxylation sites is 1. The molecule has 0 saturated carbocycles. The van der Waals surface area contributed by atoms with Gasteiger partial charge < -0.3 is 4.90 Å². The lowest BCUT2D eigenvalue weighted by Crippen LogP contribution is -2.39. The second-order valence-electron chi connectivity index (χ2n) is 7.49. The largest absolute Gasteiger partial charge is 0.342 e. The van der Waals surface area contributed by atoms with Crippen molar-refractivity contribution in [3.05, 3.63) is 64.7 Å². The summed E-state index contributed by atoms with van der Waals surface area (Å²) in [6.45, 7) is 3.48.